The lowest BCUT2D eigenvalue weighted by atomic mass is 10.0. The van der Waals surface area contributed by atoms with Gasteiger partial charge in [-0.1, -0.05) is 12.1 Å². The molecule has 1 aromatic carbocycles. The first-order valence-corrected chi connectivity index (χ1v) is 6.57. The minimum absolute atomic E-state index is 0.0516. The van der Waals surface area contributed by atoms with Gasteiger partial charge in [0.25, 0.3) is 0 Å². The summed E-state index contributed by atoms with van der Waals surface area (Å²) in [5, 5.41) is 14.5. The Hall–Kier alpha value is -2.08. The van der Waals surface area contributed by atoms with Crippen molar-refractivity contribution in [1.29, 1.82) is 0 Å². The summed E-state index contributed by atoms with van der Waals surface area (Å²) in [5.41, 5.74) is 0.362. The standard InChI is InChI=1S/C14H18N2O4/c1-9-8-10(6-7-20-9)15-14(19)16-12-5-3-2-4-11(12)13(17)18/h2-5,9-10H,6-8H2,1H3,(H,17,18)(H2,15,16,19). The van der Waals surface area contributed by atoms with Crippen molar-refractivity contribution in [3.63, 3.8) is 0 Å². The summed E-state index contributed by atoms with van der Waals surface area (Å²) in [6.45, 7) is 2.59. The number of benzene rings is 1. The largest absolute Gasteiger partial charge is 0.478 e. The van der Waals surface area contributed by atoms with Gasteiger partial charge in [0.05, 0.1) is 17.4 Å². The van der Waals surface area contributed by atoms with Crippen molar-refractivity contribution in [2.75, 3.05) is 11.9 Å². The monoisotopic (exact) mass is 278 g/mol. The van der Waals surface area contributed by atoms with Gasteiger partial charge in [-0.05, 0) is 31.9 Å². The molecule has 1 fully saturated rings. The van der Waals surface area contributed by atoms with Gasteiger partial charge in [0.2, 0.25) is 0 Å². The summed E-state index contributed by atoms with van der Waals surface area (Å²) >= 11 is 0. The number of nitrogens with one attached hydrogen (secondary N) is 2. The van der Waals surface area contributed by atoms with E-state index >= 15 is 0 Å². The molecule has 108 valence electrons. The van der Waals surface area contributed by atoms with Gasteiger partial charge in [0.1, 0.15) is 0 Å². The zero-order chi connectivity index (χ0) is 14.5. The van der Waals surface area contributed by atoms with Crippen molar-refractivity contribution in [3.05, 3.63) is 29.8 Å². The number of carboxylic acids is 1. The number of carboxylic acid groups (broad SMARTS) is 1. The van der Waals surface area contributed by atoms with Crippen molar-refractivity contribution in [2.24, 2.45) is 0 Å². The van der Waals surface area contributed by atoms with E-state index in [0.717, 1.165) is 12.8 Å². The normalized spacial score (nSPS) is 22.1. The van der Waals surface area contributed by atoms with Crippen LogP contribution in [-0.2, 0) is 4.74 Å². The summed E-state index contributed by atoms with van der Waals surface area (Å²) in [7, 11) is 0. The van der Waals surface area contributed by atoms with E-state index in [-0.39, 0.29) is 23.4 Å². The third-order valence-electron chi connectivity index (χ3n) is 3.23. The summed E-state index contributed by atoms with van der Waals surface area (Å²) in [4.78, 5) is 23.0. The molecule has 1 aliphatic rings. The zero-order valence-electron chi connectivity index (χ0n) is 11.3. The van der Waals surface area contributed by atoms with Crippen molar-refractivity contribution in [2.45, 2.75) is 31.9 Å². The van der Waals surface area contributed by atoms with Gasteiger partial charge in [-0.25, -0.2) is 9.59 Å². The Bertz CT molecular complexity index is 504. The van der Waals surface area contributed by atoms with Gasteiger partial charge >= 0.3 is 12.0 Å². The Morgan fingerprint density at radius 3 is 2.80 bits per heavy atom. The van der Waals surface area contributed by atoms with Crippen LogP contribution in [-0.4, -0.2) is 35.9 Å². The Balaban J connectivity index is 1.96. The van der Waals surface area contributed by atoms with Crippen LogP contribution in [0.3, 0.4) is 0 Å². The first-order chi connectivity index (χ1) is 9.56. The topological polar surface area (TPSA) is 87.7 Å². The summed E-state index contributed by atoms with van der Waals surface area (Å²) in [5.74, 6) is -1.07. The Morgan fingerprint density at radius 1 is 1.35 bits per heavy atom. The highest BCUT2D eigenvalue weighted by Gasteiger charge is 2.21. The molecule has 0 radical (unpaired) electrons. The molecular weight excluding hydrogens is 260 g/mol. The minimum Gasteiger partial charge on any atom is -0.478 e. The molecule has 20 heavy (non-hydrogen) atoms. The summed E-state index contributed by atoms with van der Waals surface area (Å²) < 4.78 is 5.41. The van der Waals surface area contributed by atoms with Crippen LogP contribution < -0.4 is 10.6 Å². The first-order valence-electron chi connectivity index (χ1n) is 6.57. The lowest BCUT2D eigenvalue weighted by Gasteiger charge is -2.28. The van der Waals surface area contributed by atoms with E-state index < -0.39 is 12.0 Å². The van der Waals surface area contributed by atoms with Gasteiger partial charge in [-0.2, -0.15) is 0 Å². The number of carbonyl (C=O) groups is 2. The number of para-hydroxylation sites is 1. The van der Waals surface area contributed by atoms with Crippen LogP contribution in [0.25, 0.3) is 0 Å². The molecule has 6 nitrogen and oxygen atoms in total. The van der Waals surface area contributed by atoms with E-state index in [9.17, 15) is 9.59 Å². The number of rotatable bonds is 3. The molecule has 0 bridgehead atoms. The van der Waals surface area contributed by atoms with Crippen molar-refractivity contribution >= 4 is 17.7 Å². The fourth-order valence-electron chi connectivity index (χ4n) is 2.25. The van der Waals surface area contributed by atoms with Crippen LogP contribution in [0.1, 0.15) is 30.1 Å². The molecule has 2 rings (SSSR count). The second-order valence-electron chi connectivity index (χ2n) is 4.85. The summed E-state index contributed by atoms with van der Waals surface area (Å²) in [6, 6.07) is 5.98. The average Bonchev–Trinajstić information content (AvgIpc) is 2.38. The van der Waals surface area contributed by atoms with E-state index in [1.54, 1.807) is 18.2 Å². The first kappa shape index (κ1) is 14.3. The van der Waals surface area contributed by atoms with E-state index in [1.165, 1.54) is 6.07 Å². The molecule has 0 saturated carbocycles. The molecule has 1 heterocycles. The van der Waals surface area contributed by atoms with Crippen LogP contribution in [0, 0.1) is 0 Å². The Morgan fingerprint density at radius 2 is 2.10 bits per heavy atom. The molecule has 2 amide bonds. The molecule has 0 spiro atoms. The van der Waals surface area contributed by atoms with E-state index in [2.05, 4.69) is 10.6 Å². The molecule has 1 saturated heterocycles. The predicted octanol–water partition coefficient (Wildman–Crippen LogP) is 2.07. The summed E-state index contributed by atoms with van der Waals surface area (Å²) in [6.07, 6.45) is 1.65. The average molecular weight is 278 g/mol. The Kier molecular flexibility index (Phi) is 4.57. The molecule has 6 heteroatoms. The maximum absolute atomic E-state index is 11.9. The minimum atomic E-state index is -1.07. The van der Waals surface area contributed by atoms with Crippen LogP contribution in [0.5, 0.6) is 0 Å². The lowest BCUT2D eigenvalue weighted by Crippen LogP contribution is -2.43. The number of urea groups is 1. The van der Waals surface area contributed by atoms with Gasteiger partial charge in [0.15, 0.2) is 0 Å². The SMILES string of the molecule is CC1CC(NC(=O)Nc2ccccc2C(=O)O)CCO1. The van der Waals surface area contributed by atoms with Crippen molar-refractivity contribution < 1.29 is 19.4 Å². The molecule has 1 aliphatic heterocycles. The van der Waals surface area contributed by atoms with Crippen LogP contribution in [0.15, 0.2) is 24.3 Å². The Labute approximate surface area is 117 Å². The maximum atomic E-state index is 11.9. The van der Waals surface area contributed by atoms with Crippen LogP contribution in [0.4, 0.5) is 10.5 Å². The number of carbonyl (C=O) groups excluding carboxylic acids is 1. The molecule has 1 aromatic rings. The number of hydrogen-bond acceptors (Lipinski definition) is 3. The fraction of sp³-hybridized carbons (Fsp3) is 0.429. The predicted molar refractivity (Wildman–Crippen MR) is 74.0 cm³/mol. The number of amides is 2. The number of aromatic carboxylic acids is 1. The van der Waals surface area contributed by atoms with Gasteiger partial charge in [0, 0.05) is 12.6 Å². The fourth-order valence-corrected chi connectivity index (χ4v) is 2.25. The quantitative estimate of drug-likeness (QED) is 0.790. The van der Waals surface area contributed by atoms with Crippen LogP contribution in [0.2, 0.25) is 0 Å². The highest BCUT2D eigenvalue weighted by Crippen LogP contribution is 2.16. The number of hydrogen-bond donors (Lipinski definition) is 3. The molecule has 0 aliphatic carbocycles. The van der Waals surface area contributed by atoms with E-state index in [4.69, 9.17) is 9.84 Å². The maximum Gasteiger partial charge on any atom is 0.337 e. The second-order valence-corrected chi connectivity index (χ2v) is 4.85. The van der Waals surface area contributed by atoms with Crippen molar-refractivity contribution in [1.82, 2.24) is 5.32 Å². The smallest absolute Gasteiger partial charge is 0.337 e. The molecular formula is C14H18N2O4. The molecule has 3 N–H and O–H groups in total. The van der Waals surface area contributed by atoms with Crippen molar-refractivity contribution in [3.8, 4) is 0 Å². The molecule has 2 atom stereocenters. The third kappa shape index (κ3) is 3.71. The van der Waals surface area contributed by atoms with Crippen LogP contribution >= 0.6 is 0 Å². The van der Waals surface area contributed by atoms with E-state index in [1.807, 2.05) is 6.92 Å². The highest BCUT2D eigenvalue weighted by atomic mass is 16.5. The van der Waals surface area contributed by atoms with Gasteiger partial charge in [-0.3, -0.25) is 0 Å². The second kappa shape index (κ2) is 6.38. The highest BCUT2D eigenvalue weighted by molar-refractivity contribution is 5.99. The number of anilines is 1. The zero-order valence-corrected chi connectivity index (χ0v) is 11.3. The van der Waals surface area contributed by atoms with Gasteiger partial charge < -0.3 is 20.5 Å². The third-order valence-corrected chi connectivity index (χ3v) is 3.23. The van der Waals surface area contributed by atoms with Gasteiger partial charge in [-0.15, -0.1) is 0 Å². The molecule has 0 aromatic heterocycles. The lowest BCUT2D eigenvalue weighted by molar-refractivity contribution is 0.0157. The number of ether oxygens (including phenoxy) is 1. The van der Waals surface area contributed by atoms with E-state index in [0.29, 0.717) is 6.61 Å². The molecule has 2 unspecified atom stereocenters.